The predicted octanol–water partition coefficient (Wildman–Crippen LogP) is 1.53. The minimum atomic E-state index is -0.623. The lowest BCUT2D eigenvalue weighted by molar-refractivity contribution is -0.385. The number of aliphatic hydroxyl groups excluding tert-OH is 1. The number of nitro groups is 1. The molecule has 0 aliphatic carbocycles. The first-order valence-electron chi connectivity index (χ1n) is 6.90. The van der Waals surface area contributed by atoms with Crippen LogP contribution in [0.3, 0.4) is 0 Å². The van der Waals surface area contributed by atoms with Gasteiger partial charge in [-0.15, -0.1) is 0 Å². The number of aromatic hydroxyl groups is 1. The van der Waals surface area contributed by atoms with Gasteiger partial charge in [0.15, 0.2) is 0 Å². The van der Waals surface area contributed by atoms with Crippen molar-refractivity contribution in [2.24, 2.45) is 5.92 Å². The second-order valence-electron chi connectivity index (χ2n) is 5.23. The molecule has 0 aromatic heterocycles. The number of amides is 1. The molecule has 0 saturated carbocycles. The normalized spacial score (nSPS) is 18.5. The van der Waals surface area contributed by atoms with Crippen molar-refractivity contribution in [2.45, 2.75) is 19.3 Å². The Labute approximate surface area is 122 Å². The number of piperidine rings is 1. The standard InChI is InChI=1S/C14H18N2O5/c17-7-5-10-2-1-6-15(9-10)14(19)12-8-11(18)3-4-13(12)16(20)21/h3-4,8,10,17-18H,1-2,5-7,9H2. The number of benzene rings is 1. The maximum atomic E-state index is 12.5. The van der Waals surface area contributed by atoms with Gasteiger partial charge in [0.2, 0.25) is 0 Å². The molecule has 1 aromatic rings. The third-order valence-corrected chi connectivity index (χ3v) is 3.75. The zero-order valence-corrected chi connectivity index (χ0v) is 11.6. The van der Waals surface area contributed by atoms with Crippen LogP contribution in [0.4, 0.5) is 5.69 Å². The molecule has 114 valence electrons. The van der Waals surface area contributed by atoms with Gasteiger partial charge in [-0.3, -0.25) is 14.9 Å². The van der Waals surface area contributed by atoms with E-state index in [0.29, 0.717) is 19.5 Å². The molecule has 0 bridgehead atoms. The summed E-state index contributed by atoms with van der Waals surface area (Å²) in [7, 11) is 0. The maximum Gasteiger partial charge on any atom is 0.282 e. The molecule has 21 heavy (non-hydrogen) atoms. The van der Waals surface area contributed by atoms with Gasteiger partial charge in [0.05, 0.1) is 4.92 Å². The molecule has 1 atom stereocenters. The Kier molecular flexibility index (Phi) is 4.74. The van der Waals surface area contributed by atoms with Gasteiger partial charge < -0.3 is 15.1 Å². The van der Waals surface area contributed by atoms with E-state index in [4.69, 9.17) is 5.11 Å². The lowest BCUT2D eigenvalue weighted by Gasteiger charge is -2.32. The second kappa shape index (κ2) is 6.53. The molecule has 1 aromatic carbocycles. The molecule has 1 heterocycles. The summed E-state index contributed by atoms with van der Waals surface area (Å²) in [5, 5.41) is 29.5. The number of hydrogen-bond donors (Lipinski definition) is 2. The average Bonchev–Trinajstić information content (AvgIpc) is 2.46. The van der Waals surface area contributed by atoms with Gasteiger partial charge in [0, 0.05) is 25.8 Å². The van der Waals surface area contributed by atoms with E-state index in [1.807, 2.05) is 0 Å². The van der Waals surface area contributed by atoms with E-state index in [1.165, 1.54) is 6.07 Å². The van der Waals surface area contributed by atoms with Crippen molar-refractivity contribution in [3.63, 3.8) is 0 Å². The van der Waals surface area contributed by atoms with E-state index in [1.54, 1.807) is 4.90 Å². The minimum absolute atomic E-state index is 0.0684. The van der Waals surface area contributed by atoms with Crippen LogP contribution < -0.4 is 0 Å². The van der Waals surface area contributed by atoms with Crippen molar-refractivity contribution >= 4 is 11.6 Å². The van der Waals surface area contributed by atoms with E-state index in [2.05, 4.69) is 0 Å². The van der Waals surface area contributed by atoms with Gasteiger partial charge in [-0.1, -0.05) is 0 Å². The van der Waals surface area contributed by atoms with E-state index >= 15 is 0 Å². The summed E-state index contributed by atoms with van der Waals surface area (Å²) in [5.74, 6) is -0.405. The third-order valence-electron chi connectivity index (χ3n) is 3.75. The number of likely N-dealkylation sites (tertiary alicyclic amines) is 1. The molecule has 7 heteroatoms. The first-order valence-corrected chi connectivity index (χ1v) is 6.90. The van der Waals surface area contributed by atoms with E-state index in [0.717, 1.165) is 25.0 Å². The average molecular weight is 294 g/mol. The smallest absolute Gasteiger partial charge is 0.282 e. The van der Waals surface area contributed by atoms with Crippen LogP contribution in [-0.2, 0) is 0 Å². The number of aliphatic hydroxyl groups is 1. The third kappa shape index (κ3) is 3.49. The molecule has 0 spiro atoms. The van der Waals surface area contributed by atoms with E-state index in [9.17, 15) is 20.0 Å². The van der Waals surface area contributed by atoms with Gasteiger partial charge in [0.1, 0.15) is 11.3 Å². The largest absolute Gasteiger partial charge is 0.508 e. The Hall–Kier alpha value is -2.15. The number of rotatable bonds is 4. The van der Waals surface area contributed by atoms with Crippen molar-refractivity contribution < 1.29 is 19.9 Å². The summed E-state index contributed by atoms with van der Waals surface area (Å²) in [6.45, 7) is 1.08. The Morgan fingerprint density at radius 2 is 2.24 bits per heavy atom. The van der Waals surface area contributed by atoms with Crippen LogP contribution in [0.15, 0.2) is 18.2 Å². The molecular weight excluding hydrogens is 276 g/mol. The van der Waals surface area contributed by atoms with Crippen LogP contribution in [0.25, 0.3) is 0 Å². The minimum Gasteiger partial charge on any atom is -0.508 e. The number of phenolic OH excluding ortho intramolecular Hbond substituents is 1. The molecule has 1 aliphatic rings. The highest BCUT2D eigenvalue weighted by Gasteiger charge is 2.29. The molecule has 1 amide bonds. The fourth-order valence-corrected chi connectivity index (χ4v) is 2.69. The summed E-state index contributed by atoms with van der Waals surface area (Å²) in [6.07, 6.45) is 2.36. The number of phenols is 1. The SMILES string of the molecule is O=C(c1cc(O)ccc1[N+](=O)[O-])N1CCCC(CCO)C1. The molecule has 7 nitrogen and oxygen atoms in total. The van der Waals surface area contributed by atoms with Crippen molar-refractivity contribution in [3.05, 3.63) is 33.9 Å². The summed E-state index contributed by atoms with van der Waals surface area (Å²) >= 11 is 0. The Morgan fingerprint density at radius 1 is 1.48 bits per heavy atom. The molecule has 1 fully saturated rings. The number of nitrogens with zero attached hydrogens (tertiary/aromatic N) is 2. The van der Waals surface area contributed by atoms with Gasteiger partial charge in [-0.2, -0.15) is 0 Å². The van der Waals surface area contributed by atoms with E-state index < -0.39 is 10.8 Å². The topological polar surface area (TPSA) is 104 Å². The van der Waals surface area contributed by atoms with Crippen LogP contribution in [0.2, 0.25) is 0 Å². The van der Waals surface area contributed by atoms with Crippen molar-refractivity contribution in [2.75, 3.05) is 19.7 Å². The molecule has 0 radical (unpaired) electrons. The van der Waals surface area contributed by atoms with Gasteiger partial charge in [0.25, 0.3) is 11.6 Å². The number of carbonyl (C=O) groups excluding carboxylic acids is 1. The highest BCUT2D eigenvalue weighted by Crippen LogP contribution is 2.27. The first kappa shape index (κ1) is 15.2. The Morgan fingerprint density at radius 3 is 2.90 bits per heavy atom. The zero-order valence-electron chi connectivity index (χ0n) is 11.6. The fourth-order valence-electron chi connectivity index (χ4n) is 2.69. The number of carbonyl (C=O) groups is 1. The van der Waals surface area contributed by atoms with Crippen molar-refractivity contribution in [1.29, 1.82) is 0 Å². The summed E-state index contributed by atoms with van der Waals surface area (Å²) in [4.78, 5) is 24.4. The number of hydrogen-bond acceptors (Lipinski definition) is 5. The first-order chi connectivity index (χ1) is 10.0. The lowest BCUT2D eigenvalue weighted by atomic mass is 9.94. The van der Waals surface area contributed by atoms with Gasteiger partial charge in [-0.05, 0) is 37.3 Å². The number of nitro benzene ring substituents is 1. The molecule has 2 N–H and O–H groups in total. The van der Waals surface area contributed by atoms with Crippen molar-refractivity contribution in [3.8, 4) is 5.75 Å². The molecule has 2 rings (SSSR count). The lowest BCUT2D eigenvalue weighted by Crippen LogP contribution is -2.40. The highest BCUT2D eigenvalue weighted by atomic mass is 16.6. The van der Waals surface area contributed by atoms with E-state index in [-0.39, 0.29) is 29.5 Å². The molecular formula is C14H18N2O5. The van der Waals surface area contributed by atoms with Gasteiger partial charge >= 0.3 is 0 Å². The van der Waals surface area contributed by atoms with Crippen molar-refractivity contribution in [1.82, 2.24) is 4.90 Å². The van der Waals surface area contributed by atoms with Crippen LogP contribution in [-0.4, -0.2) is 45.6 Å². The fraction of sp³-hybridized carbons (Fsp3) is 0.500. The Balaban J connectivity index is 2.23. The second-order valence-corrected chi connectivity index (χ2v) is 5.23. The maximum absolute atomic E-state index is 12.5. The predicted molar refractivity (Wildman–Crippen MR) is 75.1 cm³/mol. The van der Waals surface area contributed by atoms with Crippen LogP contribution >= 0.6 is 0 Å². The summed E-state index contributed by atoms with van der Waals surface area (Å²) < 4.78 is 0. The van der Waals surface area contributed by atoms with Gasteiger partial charge in [-0.25, -0.2) is 0 Å². The van der Waals surface area contributed by atoms with Crippen LogP contribution in [0.1, 0.15) is 29.6 Å². The zero-order chi connectivity index (χ0) is 15.4. The Bertz CT molecular complexity index is 544. The summed E-state index contributed by atoms with van der Waals surface area (Å²) in [6, 6.07) is 3.47. The van der Waals surface area contributed by atoms with Crippen LogP contribution in [0.5, 0.6) is 5.75 Å². The summed E-state index contributed by atoms with van der Waals surface area (Å²) in [5.41, 5.74) is -0.397. The monoisotopic (exact) mass is 294 g/mol. The molecule has 1 saturated heterocycles. The highest BCUT2D eigenvalue weighted by molar-refractivity contribution is 5.98. The molecule has 1 unspecified atom stereocenters. The molecule has 1 aliphatic heterocycles. The quantitative estimate of drug-likeness (QED) is 0.647. The van der Waals surface area contributed by atoms with Crippen LogP contribution in [0, 0.1) is 16.0 Å².